The van der Waals surface area contributed by atoms with Gasteiger partial charge in [0.25, 0.3) is 0 Å². The fraction of sp³-hybridized carbons (Fsp3) is 0. The number of fused-ring (bicyclic) bond motifs is 1. The third kappa shape index (κ3) is 3.11. The number of carbonyl (C=O) groups is 1. The Morgan fingerprint density at radius 1 is 0.808 bits per heavy atom. The van der Waals surface area contributed by atoms with Crippen LogP contribution in [0.25, 0.3) is 33.3 Å². The van der Waals surface area contributed by atoms with Gasteiger partial charge in [0.05, 0.1) is 17.2 Å². The number of benzene rings is 3. The lowest BCUT2D eigenvalue weighted by molar-refractivity contribution is -0.254. The fourth-order valence-corrected chi connectivity index (χ4v) is 3.34. The highest BCUT2D eigenvalue weighted by Crippen LogP contribution is 2.28. The van der Waals surface area contributed by atoms with Crippen LogP contribution in [-0.2, 0) is 0 Å². The van der Waals surface area contributed by atoms with Gasteiger partial charge in [-0.25, -0.2) is 4.98 Å². The Morgan fingerprint density at radius 3 is 2.15 bits per heavy atom. The zero-order chi connectivity index (χ0) is 18.1. The molecule has 0 saturated heterocycles. The van der Waals surface area contributed by atoms with E-state index >= 15 is 0 Å². The Hall–Kier alpha value is -2.98. The van der Waals surface area contributed by atoms with Crippen LogP contribution in [0.5, 0.6) is 0 Å². The number of carbonyl (C=O) groups excluding carboxylic acids is 1. The van der Waals surface area contributed by atoms with Crippen LogP contribution < -0.4 is 5.11 Å². The second-order valence-corrected chi connectivity index (χ2v) is 6.86. The molecule has 1 heterocycles. The van der Waals surface area contributed by atoms with Gasteiger partial charge in [-0.3, -0.25) is 0 Å². The first-order valence-electron chi connectivity index (χ1n) is 8.09. The number of aromatic nitrogens is 1. The quantitative estimate of drug-likeness (QED) is 0.499. The Bertz CT molecular complexity index is 1110. The van der Waals surface area contributed by atoms with E-state index in [1.165, 1.54) is 0 Å². The van der Waals surface area contributed by atoms with Gasteiger partial charge in [0.15, 0.2) is 0 Å². The molecule has 1 aromatic heterocycles. The molecule has 0 aliphatic heterocycles. The van der Waals surface area contributed by atoms with E-state index in [2.05, 4.69) is 33.0 Å². The molecule has 4 rings (SSSR count). The van der Waals surface area contributed by atoms with Gasteiger partial charge in [0, 0.05) is 21.0 Å². The number of pyridine rings is 1. The summed E-state index contributed by atoms with van der Waals surface area (Å²) >= 11 is 3.37. The van der Waals surface area contributed by atoms with Crippen LogP contribution in [0.4, 0.5) is 0 Å². The lowest BCUT2D eigenvalue weighted by Gasteiger charge is -2.11. The Labute approximate surface area is 159 Å². The molecule has 4 aromatic rings. The lowest BCUT2D eigenvalue weighted by Crippen LogP contribution is -2.22. The molecular formula is C22H13BrNO2-. The largest absolute Gasteiger partial charge is 0.545 e. The van der Waals surface area contributed by atoms with E-state index in [1.807, 2.05) is 48.5 Å². The molecule has 0 unspecified atom stereocenters. The number of carboxylic acid groups (broad SMARTS) is 1. The van der Waals surface area contributed by atoms with Gasteiger partial charge in [-0.2, -0.15) is 0 Å². The van der Waals surface area contributed by atoms with E-state index < -0.39 is 5.97 Å². The van der Waals surface area contributed by atoms with Crippen LogP contribution >= 0.6 is 15.9 Å². The summed E-state index contributed by atoms with van der Waals surface area (Å²) in [7, 11) is 0. The molecule has 3 aromatic carbocycles. The normalized spacial score (nSPS) is 10.8. The average Bonchev–Trinajstić information content (AvgIpc) is 2.68. The smallest absolute Gasteiger partial charge is 0.0722 e. The molecule has 0 amide bonds. The van der Waals surface area contributed by atoms with E-state index in [0.29, 0.717) is 16.6 Å². The first-order chi connectivity index (χ1) is 12.6. The monoisotopic (exact) mass is 402 g/mol. The van der Waals surface area contributed by atoms with Gasteiger partial charge in [-0.05, 0) is 35.4 Å². The van der Waals surface area contributed by atoms with Gasteiger partial charge in [-0.15, -0.1) is 0 Å². The fourth-order valence-electron chi connectivity index (χ4n) is 2.98. The molecule has 126 valence electrons. The maximum atomic E-state index is 11.6. The van der Waals surface area contributed by atoms with Crippen molar-refractivity contribution in [3.8, 4) is 22.4 Å². The van der Waals surface area contributed by atoms with Crippen molar-refractivity contribution in [2.45, 2.75) is 0 Å². The van der Waals surface area contributed by atoms with Crippen molar-refractivity contribution in [2.75, 3.05) is 0 Å². The predicted molar refractivity (Wildman–Crippen MR) is 105 cm³/mol. The SMILES string of the molecule is O=C([O-])c1cc(-c2ccc(-c3ccccc3)cc2)nc2ccc(Br)cc12. The maximum Gasteiger partial charge on any atom is 0.0722 e. The predicted octanol–water partition coefficient (Wildman–Crippen LogP) is 4.69. The number of carboxylic acids is 1. The topological polar surface area (TPSA) is 53.0 Å². The number of aromatic carboxylic acids is 1. The number of rotatable bonds is 3. The summed E-state index contributed by atoms with van der Waals surface area (Å²) in [6.07, 6.45) is 0. The van der Waals surface area contributed by atoms with Crippen molar-refractivity contribution in [3.05, 3.63) is 88.9 Å². The van der Waals surface area contributed by atoms with Crippen LogP contribution in [-0.4, -0.2) is 11.0 Å². The number of halogens is 1. The number of nitrogens with zero attached hydrogens (tertiary/aromatic N) is 1. The summed E-state index contributed by atoms with van der Waals surface area (Å²) in [4.78, 5) is 16.2. The molecule has 0 atom stereocenters. The van der Waals surface area contributed by atoms with Crippen molar-refractivity contribution in [3.63, 3.8) is 0 Å². The van der Waals surface area contributed by atoms with Crippen LogP contribution in [0.15, 0.2) is 83.3 Å². The number of hydrogen-bond acceptors (Lipinski definition) is 3. The van der Waals surface area contributed by atoms with Crippen LogP contribution in [0.1, 0.15) is 10.4 Å². The second kappa shape index (κ2) is 6.73. The third-order valence-electron chi connectivity index (χ3n) is 4.28. The van der Waals surface area contributed by atoms with E-state index in [4.69, 9.17) is 0 Å². The van der Waals surface area contributed by atoms with Crippen molar-refractivity contribution in [1.29, 1.82) is 0 Å². The minimum atomic E-state index is -1.21. The van der Waals surface area contributed by atoms with Gasteiger partial charge < -0.3 is 9.90 Å². The van der Waals surface area contributed by atoms with Crippen LogP contribution in [0.2, 0.25) is 0 Å². The zero-order valence-corrected chi connectivity index (χ0v) is 15.2. The summed E-state index contributed by atoms with van der Waals surface area (Å²) < 4.78 is 0.800. The van der Waals surface area contributed by atoms with Crippen molar-refractivity contribution >= 4 is 32.8 Å². The first-order valence-corrected chi connectivity index (χ1v) is 8.88. The third-order valence-corrected chi connectivity index (χ3v) is 4.77. The molecule has 0 spiro atoms. The Balaban J connectivity index is 1.81. The minimum Gasteiger partial charge on any atom is -0.545 e. The molecular weight excluding hydrogens is 390 g/mol. The zero-order valence-electron chi connectivity index (χ0n) is 13.6. The van der Waals surface area contributed by atoms with Crippen molar-refractivity contribution in [1.82, 2.24) is 4.98 Å². The highest BCUT2D eigenvalue weighted by Gasteiger charge is 2.09. The average molecular weight is 403 g/mol. The highest BCUT2D eigenvalue weighted by molar-refractivity contribution is 9.10. The van der Waals surface area contributed by atoms with Crippen molar-refractivity contribution in [2.24, 2.45) is 0 Å². The molecule has 0 aliphatic rings. The van der Waals surface area contributed by atoms with Gasteiger partial charge in [-0.1, -0.05) is 70.5 Å². The maximum absolute atomic E-state index is 11.6. The lowest BCUT2D eigenvalue weighted by atomic mass is 10.0. The Kier molecular flexibility index (Phi) is 4.27. The molecule has 0 fully saturated rings. The van der Waals surface area contributed by atoms with E-state index in [-0.39, 0.29) is 5.56 Å². The molecule has 0 saturated carbocycles. The standard InChI is InChI=1S/C22H14BrNO2/c23-17-10-11-20-18(12-17)19(22(25)26)13-21(24-20)16-8-6-15(7-9-16)14-4-2-1-3-5-14/h1-13H,(H,25,26)/p-1. The van der Waals surface area contributed by atoms with E-state index in [9.17, 15) is 9.90 Å². The molecule has 3 nitrogen and oxygen atoms in total. The Morgan fingerprint density at radius 2 is 1.46 bits per heavy atom. The first kappa shape index (κ1) is 16.5. The van der Waals surface area contributed by atoms with Gasteiger partial charge in [0.1, 0.15) is 0 Å². The summed E-state index contributed by atoms with van der Waals surface area (Å²) in [5.41, 5.74) is 4.45. The van der Waals surface area contributed by atoms with Gasteiger partial charge in [0.2, 0.25) is 0 Å². The molecule has 0 N–H and O–H groups in total. The van der Waals surface area contributed by atoms with Gasteiger partial charge >= 0.3 is 0 Å². The molecule has 0 aliphatic carbocycles. The summed E-state index contributed by atoms with van der Waals surface area (Å²) in [6, 6.07) is 25.0. The molecule has 0 bridgehead atoms. The summed E-state index contributed by atoms with van der Waals surface area (Å²) in [6.45, 7) is 0. The van der Waals surface area contributed by atoms with Crippen molar-refractivity contribution < 1.29 is 9.90 Å². The molecule has 4 heteroatoms. The molecule has 26 heavy (non-hydrogen) atoms. The van der Waals surface area contributed by atoms with E-state index in [1.54, 1.807) is 18.2 Å². The van der Waals surface area contributed by atoms with Crippen LogP contribution in [0.3, 0.4) is 0 Å². The summed E-state index contributed by atoms with van der Waals surface area (Å²) in [5, 5.41) is 12.2. The minimum absolute atomic E-state index is 0.137. The highest BCUT2D eigenvalue weighted by atomic mass is 79.9. The molecule has 0 radical (unpaired) electrons. The summed E-state index contributed by atoms with van der Waals surface area (Å²) in [5.74, 6) is -1.21. The second-order valence-electron chi connectivity index (χ2n) is 5.95. The number of hydrogen-bond donors (Lipinski definition) is 0. The van der Waals surface area contributed by atoms with E-state index in [0.717, 1.165) is 21.2 Å². The van der Waals surface area contributed by atoms with Crippen LogP contribution in [0, 0.1) is 0 Å².